The van der Waals surface area contributed by atoms with Crippen molar-refractivity contribution in [3.8, 4) is 0 Å². The molecule has 20 heavy (non-hydrogen) atoms. The Kier molecular flexibility index (Phi) is 3.00. The van der Waals surface area contributed by atoms with E-state index in [1.54, 1.807) is 6.92 Å². The first-order valence-electron chi connectivity index (χ1n) is 7.06. The highest BCUT2D eigenvalue weighted by molar-refractivity contribution is 6.10. The summed E-state index contributed by atoms with van der Waals surface area (Å²) in [5.74, 6) is -0.297. The van der Waals surface area contributed by atoms with E-state index >= 15 is 0 Å². The van der Waals surface area contributed by atoms with Gasteiger partial charge in [0.2, 0.25) is 5.91 Å². The topological polar surface area (TPSA) is 67.6 Å². The molecule has 0 saturated heterocycles. The monoisotopic (exact) mass is 275 g/mol. The normalized spacial score (nSPS) is 19.0. The number of carbonyl (C=O) groups excluding carboxylic acids is 2. The number of carbonyl (C=O) groups is 2. The molecule has 2 heterocycles. The second-order valence-electron chi connectivity index (χ2n) is 5.48. The molecule has 1 saturated carbocycles. The van der Waals surface area contributed by atoms with Crippen LogP contribution in [0.15, 0.2) is 9.21 Å². The van der Waals surface area contributed by atoms with Crippen LogP contribution >= 0.6 is 0 Å². The van der Waals surface area contributed by atoms with Crippen molar-refractivity contribution in [1.29, 1.82) is 0 Å². The number of nitrogens with zero attached hydrogens (tertiary/aromatic N) is 1. The Labute approximate surface area is 116 Å². The van der Waals surface area contributed by atoms with Gasteiger partial charge in [0, 0.05) is 11.6 Å². The van der Waals surface area contributed by atoms with Gasteiger partial charge in [0.25, 0.3) is 5.91 Å². The molecule has 5 heteroatoms. The molecule has 0 radical (unpaired) electrons. The maximum absolute atomic E-state index is 12.6. The molecule has 0 N–H and O–H groups in total. The van der Waals surface area contributed by atoms with Gasteiger partial charge < -0.3 is 4.42 Å². The zero-order valence-electron chi connectivity index (χ0n) is 11.7. The number of fused-ring (bicyclic) bond motifs is 1. The minimum absolute atomic E-state index is 0.0140. The van der Waals surface area contributed by atoms with Crippen molar-refractivity contribution in [1.82, 2.24) is 4.90 Å². The first kappa shape index (κ1) is 13.1. The lowest BCUT2D eigenvalue weighted by Crippen LogP contribution is -2.51. The third-order valence-electron chi connectivity index (χ3n) is 4.36. The Balaban J connectivity index is 2.15. The zero-order valence-corrected chi connectivity index (χ0v) is 11.7. The third kappa shape index (κ3) is 1.72. The average molecular weight is 275 g/mol. The van der Waals surface area contributed by atoms with Gasteiger partial charge in [0.1, 0.15) is 5.76 Å². The average Bonchev–Trinajstić information content (AvgIpc) is 2.34. The molecular formula is C15H17NO4. The van der Waals surface area contributed by atoms with E-state index in [1.165, 1.54) is 4.90 Å². The first-order chi connectivity index (χ1) is 9.54. The summed E-state index contributed by atoms with van der Waals surface area (Å²) < 4.78 is 5.17. The number of hydrogen-bond acceptors (Lipinski definition) is 4. The van der Waals surface area contributed by atoms with Crippen LogP contribution in [0.3, 0.4) is 0 Å². The lowest BCUT2D eigenvalue weighted by atomic mass is 9.87. The van der Waals surface area contributed by atoms with Gasteiger partial charge in [0.05, 0.1) is 12.0 Å². The van der Waals surface area contributed by atoms with Crippen molar-refractivity contribution in [2.75, 3.05) is 0 Å². The highest BCUT2D eigenvalue weighted by Crippen LogP contribution is 2.32. The van der Waals surface area contributed by atoms with E-state index < -0.39 is 5.63 Å². The molecule has 3 rings (SSSR count). The lowest BCUT2D eigenvalue weighted by Gasteiger charge is -2.38. The summed E-state index contributed by atoms with van der Waals surface area (Å²) in [6.07, 6.45) is 3.41. The summed E-state index contributed by atoms with van der Waals surface area (Å²) in [7, 11) is 0. The Morgan fingerprint density at radius 2 is 1.95 bits per heavy atom. The predicted molar refractivity (Wildman–Crippen MR) is 71.6 cm³/mol. The molecule has 0 aromatic carbocycles. The smallest absolute Gasteiger partial charge is 0.339 e. The Morgan fingerprint density at radius 3 is 2.50 bits per heavy atom. The van der Waals surface area contributed by atoms with E-state index in [2.05, 4.69) is 0 Å². The molecule has 2 aliphatic rings. The summed E-state index contributed by atoms with van der Waals surface area (Å²) >= 11 is 0. The molecule has 0 atom stereocenters. The lowest BCUT2D eigenvalue weighted by molar-refractivity contribution is -0.132. The summed E-state index contributed by atoms with van der Waals surface area (Å²) in [5.41, 5.74) is 1.19. The van der Waals surface area contributed by atoms with Gasteiger partial charge in [0.15, 0.2) is 0 Å². The SMILES string of the molecule is CCc1c2c(oc(=O)c1C)CC(=O)N(C1CCC1)C2=O. The van der Waals surface area contributed by atoms with Crippen LogP contribution in [0.25, 0.3) is 0 Å². The van der Waals surface area contributed by atoms with Crippen LogP contribution in [0.1, 0.15) is 53.4 Å². The van der Waals surface area contributed by atoms with Crippen molar-refractivity contribution in [2.45, 2.75) is 52.0 Å². The van der Waals surface area contributed by atoms with Crippen LogP contribution in [0.5, 0.6) is 0 Å². The van der Waals surface area contributed by atoms with Gasteiger partial charge in [-0.1, -0.05) is 6.92 Å². The molecule has 106 valence electrons. The van der Waals surface area contributed by atoms with Crippen molar-refractivity contribution in [2.24, 2.45) is 0 Å². The van der Waals surface area contributed by atoms with E-state index in [1.807, 2.05) is 6.92 Å². The van der Waals surface area contributed by atoms with Crippen LogP contribution in [0, 0.1) is 6.92 Å². The first-order valence-corrected chi connectivity index (χ1v) is 7.06. The summed E-state index contributed by atoms with van der Waals surface area (Å²) in [6, 6.07) is 0.0279. The van der Waals surface area contributed by atoms with Gasteiger partial charge >= 0.3 is 5.63 Å². The fourth-order valence-corrected chi connectivity index (χ4v) is 3.00. The van der Waals surface area contributed by atoms with E-state index in [0.29, 0.717) is 17.5 Å². The minimum Gasteiger partial charge on any atom is -0.426 e. The van der Waals surface area contributed by atoms with Crippen molar-refractivity contribution >= 4 is 11.8 Å². The van der Waals surface area contributed by atoms with Crippen LogP contribution in [-0.4, -0.2) is 22.8 Å². The number of hydrogen-bond donors (Lipinski definition) is 0. The molecule has 1 aromatic heterocycles. The second kappa shape index (κ2) is 4.58. The number of amides is 2. The van der Waals surface area contributed by atoms with Gasteiger partial charge in [-0.3, -0.25) is 14.5 Å². The zero-order chi connectivity index (χ0) is 14.4. The molecule has 5 nitrogen and oxygen atoms in total. The minimum atomic E-state index is -0.446. The maximum Gasteiger partial charge on any atom is 0.339 e. The fourth-order valence-electron chi connectivity index (χ4n) is 3.00. The van der Waals surface area contributed by atoms with Crippen molar-refractivity contribution in [3.63, 3.8) is 0 Å². The number of imide groups is 1. The van der Waals surface area contributed by atoms with E-state index in [0.717, 1.165) is 24.8 Å². The van der Waals surface area contributed by atoms with Crippen molar-refractivity contribution in [3.05, 3.63) is 32.9 Å². The van der Waals surface area contributed by atoms with Crippen LogP contribution in [0.2, 0.25) is 0 Å². The molecule has 1 aliphatic carbocycles. The van der Waals surface area contributed by atoms with Gasteiger partial charge in [-0.05, 0) is 38.2 Å². The van der Waals surface area contributed by atoms with Crippen LogP contribution in [0.4, 0.5) is 0 Å². The molecular weight excluding hydrogens is 258 g/mol. The van der Waals surface area contributed by atoms with E-state index in [9.17, 15) is 14.4 Å². The molecule has 0 bridgehead atoms. The van der Waals surface area contributed by atoms with Gasteiger partial charge in [-0.25, -0.2) is 4.79 Å². The van der Waals surface area contributed by atoms with E-state index in [-0.39, 0.29) is 30.0 Å². The maximum atomic E-state index is 12.6. The Morgan fingerprint density at radius 1 is 1.25 bits per heavy atom. The quantitative estimate of drug-likeness (QED) is 0.769. The molecule has 1 aromatic rings. The third-order valence-corrected chi connectivity index (χ3v) is 4.36. The van der Waals surface area contributed by atoms with Gasteiger partial charge in [-0.15, -0.1) is 0 Å². The second-order valence-corrected chi connectivity index (χ2v) is 5.48. The Bertz CT molecular complexity index is 655. The summed E-state index contributed by atoms with van der Waals surface area (Å²) in [5, 5.41) is 0. The summed E-state index contributed by atoms with van der Waals surface area (Å²) in [6.45, 7) is 3.57. The molecule has 0 spiro atoms. The standard InChI is InChI=1S/C15H17NO4/c1-3-10-8(2)15(19)20-11-7-12(17)16(9-5-4-6-9)14(18)13(10)11/h9H,3-7H2,1-2H3. The Hall–Kier alpha value is -1.91. The summed E-state index contributed by atoms with van der Waals surface area (Å²) in [4.78, 5) is 37.9. The van der Waals surface area contributed by atoms with Crippen LogP contribution in [-0.2, 0) is 17.6 Å². The molecule has 0 unspecified atom stereocenters. The molecule has 1 aliphatic heterocycles. The highest BCUT2D eigenvalue weighted by atomic mass is 16.4. The van der Waals surface area contributed by atoms with Crippen molar-refractivity contribution < 1.29 is 14.0 Å². The highest BCUT2D eigenvalue weighted by Gasteiger charge is 2.41. The number of rotatable bonds is 2. The largest absolute Gasteiger partial charge is 0.426 e. The predicted octanol–water partition coefficient (Wildman–Crippen LogP) is 1.59. The molecule has 1 fully saturated rings. The fraction of sp³-hybridized carbons (Fsp3) is 0.533. The van der Waals surface area contributed by atoms with Gasteiger partial charge in [-0.2, -0.15) is 0 Å². The van der Waals surface area contributed by atoms with E-state index in [4.69, 9.17) is 4.42 Å². The molecule has 2 amide bonds. The van der Waals surface area contributed by atoms with Crippen LogP contribution < -0.4 is 5.63 Å².